The van der Waals surface area contributed by atoms with E-state index < -0.39 is 0 Å². The van der Waals surface area contributed by atoms with Gasteiger partial charge in [0, 0.05) is 10.9 Å². The van der Waals surface area contributed by atoms with Crippen LogP contribution in [0.2, 0.25) is 0 Å². The third-order valence-corrected chi connectivity index (χ3v) is 6.17. The number of hydrogen-bond acceptors (Lipinski definition) is 3. The van der Waals surface area contributed by atoms with E-state index >= 15 is 0 Å². The van der Waals surface area contributed by atoms with Crippen molar-refractivity contribution >= 4 is 16.8 Å². The molecule has 0 radical (unpaired) electrons. The molecule has 2 aromatic heterocycles. The Kier molecular flexibility index (Phi) is 4.65. The molecule has 158 valence electrons. The molecule has 1 atom stereocenters. The van der Waals surface area contributed by atoms with E-state index in [-0.39, 0.29) is 23.8 Å². The van der Waals surface area contributed by atoms with Crippen molar-refractivity contribution in [2.75, 3.05) is 0 Å². The molecular weight excluding hydrogens is 386 g/mol. The van der Waals surface area contributed by atoms with E-state index in [0.29, 0.717) is 0 Å². The van der Waals surface area contributed by atoms with Crippen molar-refractivity contribution in [3.63, 3.8) is 0 Å². The molecule has 1 aliphatic rings. The largest absolute Gasteiger partial charge is 0.349 e. The Labute approximate surface area is 181 Å². The number of nitrogens with zero attached hydrogens (tertiary/aromatic N) is 3. The van der Waals surface area contributed by atoms with Crippen molar-refractivity contribution < 1.29 is 4.79 Å². The van der Waals surface area contributed by atoms with Gasteiger partial charge in [0.25, 0.3) is 0 Å². The van der Waals surface area contributed by atoms with Gasteiger partial charge in [-0.3, -0.25) is 9.89 Å². The summed E-state index contributed by atoms with van der Waals surface area (Å²) in [6.07, 6.45) is 4.00. The Hall–Kier alpha value is -3.41. The van der Waals surface area contributed by atoms with Crippen LogP contribution >= 0.6 is 0 Å². The second kappa shape index (κ2) is 7.38. The molecule has 2 aromatic carbocycles. The van der Waals surface area contributed by atoms with E-state index in [2.05, 4.69) is 65.6 Å². The molecule has 0 fully saturated rings. The van der Waals surface area contributed by atoms with E-state index in [9.17, 15) is 4.79 Å². The number of nitrogens with one attached hydrogen (secondary N) is 2. The minimum absolute atomic E-state index is 0.00820. The summed E-state index contributed by atoms with van der Waals surface area (Å²) in [6, 6.07) is 16.2. The number of carbonyl (C=O) groups excluding carboxylic acids is 1. The zero-order valence-corrected chi connectivity index (χ0v) is 18.1. The second-order valence-corrected chi connectivity index (χ2v) is 9.36. The Morgan fingerprint density at radius 3 is 2.77 bits per heavy atom. The first-order valence-corrected chi connectivity index (χ1v) is 10.7. The fourth-order valence-electron chi connectivity index (χ4n) is 4.63. The van der Waals surface area contributed by atoms with Crippen LogP contribution in [0.1, 0.15) is 48.8 Å². The van der Waals surface area contributed by atoms with Crippen LogP contribution in [0.5, 0.6) is 0 Å². The minimum Gasteiger partial charge on any atom is -0.349 e. The van der Waals surface area contributed by atoms with E-state index in [0.717, 1.165) is 40.7 Å². The number of H-pyrrole nitrogens is 1. The number of amides is 1. The maximum Gasteiger partial charge on any atom is 0.226 e. The van der Waals surface area contributed by atoms with Gasteiger partial charge in [-0.05, 0) is 43.4 Å². The van der Waals surface area contributed by atoms with Crippen molar-refractivity contribution in [3.8, 4) is 5.69 Å². The number of aryl methyl sites for hydroxylation is 1. The zero-order valence-electron chi connectivity index (χ0n) is 18.1. The minimum atomic E-state index is -0.0559. The Morgan fingerprint density at radius 2 is 1.97 bits per heavy atom. The maximum atomic E-state index is 13.0. The van der Waals surface area contributed by atoms with Crippen LogP contribution in [-0.2, 0) is 17.6 Å². The molecular formula is C25H27N5O. The van der Waals surface area contributed by atoms with Crippen LogP contribution in [0.25, 0.3) is 16.6 Å². The van der Waals surface area contributed by atoms with Gasteiger partial charge < -0.3 is 5.32 Å². The Balaban J connectivity index is 1.41. The molecule has 0 bridgehead atoms. The summed E-state index contributed by atoms with van der Waals surface area (Å²) >= 11 is 0. The van der Waals surface area contributed by atoms with Crippen LogP contribution < -0.4 is 5.32 Å². The molecule has 4 aromatic rings. The lowest BCUT2D eigenvalue weighted by atomic mass is 9.74. The van der Waals surface area contributed by atoms with E-state index in [4.69, 9.17) is 0 Å². The molecule has 1 amide bonds. The third kappa shape index (κ3) is 3.74. The summed E-state index contributed by atoms with van der Waals surface area (Å²) in [5.41, 5.74) is 6.36. The van der Waals surface area contributed by atoms with Gasteiger partial charge in [0.05, 0.1) is 41.3 Å². The van der Waals surface area contributed by atoms with Gasteiger partial charge in [-0.1, -0.05) is 49.7 Å². The molecule has 0 unspecified atom stereocenters. The van der Waals surface area contributed by atoms with Gasteiger partial charge in [0.15, 0.2) is 0 Å². The molecule has 2 heterocycles. The highest BCUT2D eigenvalue weighted by molar-refractivity contribution is 5.87. The SMILES string of the molecule is Cc1ccc(-n2ncc3c2CC(C)(C)C[C@@H]3NC(=O)Cc2[nH]nc3ccccc23)cc1. The molecule has 0 saturated carbocycles. The number of benzene rings is 2. The number of hydrogen-bond donors (Lipinski definition) is 2. The number of aromatic nitrogens is 4. The van der Waals surface area contributed by atoms with Crippen molar-refractivity contribution in [1.29, 1.82) is 0 Å². The van der Waals surface area contributed by atoms with E-state index in [1.54, 1.807) is 0 Å². The lowest BCUT2D eigenvalue weighted by Gasteiger charge is -2.36. The number of para-hydroxylation sites is 1. The lowest BCUT2D eigenvalue weighted by molar-refractivity contribution is -0.121. The van der Waals surface area contributed by atoms with Crippen LogP contribution in [0.4, 0.5) is 0 Å². The molecule has 31 heavy (non-hydrogen) atoms. The Morgan fingerprint density at radius 1 is 1.19 bits per heavy atom. The first-order chi connectivity index (χ1) is 14.9. The van der Waals surface area contributed by atoms with Gasteiger partial charge in [-0.15, -0.1) is 0 Å². The quantitative estimate of drug-likeness (QED) is 0.520. The fourth-order valence-corrected chi connectivity index (χ4v) is 4.63. The molecule has 0 aliphatic heterocycles. The molecule has 5 rings (SSSR count). The lowest BCUT2D eigenvalue weighted by Crippen LogP contribution is -2.37. The average Bonchev–Trinajstić information content (AvgIpc) is 3.32. The first-order valence-electron chi connectivity index (χ1n) is 10.7. The van der Waals surface area contributed by atoms with Gasteiger partial charge >= 0.3 is 0 Å². The van der Waals surface area contributed by atoms with Crippen LogP contribution in [-0.4, -0.2) is 25.9 Å². The molecule has 0 saturated heterocycles. The second-order valence-electron chi connectivity index (χ2n) is 9.36. The van der Waals surface area contributed by atoms with Crippen molar-refractivity contribution in [1.82, 2.24) is 25.3 Å². The van der Waals surface area contributed by atoms with Gasteiger partial charge in [-0.25, -0.2) is 4.68 Å². The standard InChI is InChI=1S/C25H27N5O/c1-16-8-10-17(11-9-16)30-23-14-25(2,3)13-22(19(23)15-26-30)27-24(31)12-21-18-6-4-5-7-20(18)28-29-21/h4-11,15,22H,12-14H2,1-3H3,(H,27,31)(H,28,29)/t22-/m0/s1. The first kappa shape index (κ1) is 19.5. The molecule has 2 N–H and O–H groups in total. The topological polar surface area (TPSA) is 75.6 Å². The summed E-state index contributed by atoms with van der Waals surface area (Å²) < 4.78 is 2.03. The zero-order chi connectivity index (χ0) is 21.6. The summed E-state index contributed by atoms with van der Waals surface area (Å²) in [5.74, 6) is -0.00820. The smallest absolute Gasteiger partial charge is 0.226 e. The van der Waals surface area contributed by atoms with Gasteiger partial charge in [0.2, 0.25) is 5.91 Å². The van der Waals surface area contributed by atoms with E-state index in [1.165, 1.54) is 11.3 Å². The fraction of sp³-hybridized carbons (Fsp3) is 0.320. The monoisotopic (exact) mass is 413 g/mol. The third-order valence-electron chi connectivity index (χ3n) is 6.17. The van der Waals surface area contributed by atoms with Crippen molar-refractivity contribution in [2.24, 2.45) is 5.41 Å². The predicted molar refractivity (Wildman–Crippen MR) is 121 cm³/mol. The van der Waals surface area contributed by atoms with Crippen LogP contribution in [0, 0.1) is 12.3 Å². The maximum absolute atomic E-state index is 13.0. The number of fused-ring (bicyclic) bond motifs is 2. The van der Waals surface area contributed by atoms with Crippen molar-refractivity contribution in [2.45, 2.75) is 46.1 Å². The molecule has 6 heteroatoms. The highest BCUT2D eigenvalue weighted by Crippen LogP contribution is 2.41. The summed E-state index contributed by atoms with van der Waals surface area (Å²) in [5, 5.41) is 16.3. The average molecular weight is 414 g/mol. The number of aromatic amines is 1. The normalized spacial score (nSPS) is 17.5. The van der Waals surface area contributed by atoms with Gasteiger partial charge in [-0.2, -0.15) is 10.2 Å². The predicted octanol–water partition coefficient (Wildman–Crippen LogP) is 4.43. The number of rotatable bonds is 4. The molecule has 0 spiro atoms. The summed E-state index contributed by atoms with van der Waals surface area (Å²) in [6.45, 7) is 6.59. The van der Waals surface area contributed by atoms with E-state index in [1.807, 2.05) is 35.1 Å². The van der Waals surface area contributed by atoms with Crippen LogP contribution in [0.15, 0.2) is 54.7 Å². The molecule has 1 aliphatic carbocycles. The molecule has 6 nitrogen and oxygen atoms in total. The highest BCUT2D eigenvalue weighted by Gasteiger charge is 2.36. The summed E-state index contributed by atoms with van der Waals surface area (Å²) in [7, 11) is 0. The van der Waals surface area contributed by atoms with Crippen molar-refractivity contribution in [3.05, 3.63) is 77.2 Å². The summed E-state index contributed by atoms with van der Waals surface area (Å²) in [4.78, 5) is 13.0. The number of carbonyl (C=O) groups is 1. The van der Waals surface area contributed by atoms with Gasteiger partial charge in [0.1, 0.15) is 0 Å². The van der Waals surface area contributed by atoms with Crippen LogP contribution in [0.3, 0.4) is 0 Å². The highest BCUT2D eigenvalue weighted by atomic mass is 16.1. The Bertz CT molecular complexity index is 1250.